The molecule has 0 heterocycles. The van der Waals surface area contributed by atoms with Crippen molar-refractivity contribution < 1.29 is 14.7 Å². The van der Waals surface area contributed by atoms with Crippen molar-refractivity contribution in [1.29, 1.82) is 0 Å². The Balaban J connectivity index is 2.19. The maximum Gasteiger partial charge on any atom is 0.319 e. The van der Waals surface area contributed by atoms with Crippen LogP contribution in [0.5, 0.6) is 0 Å². The van der Waals surface area contributed by atoms with Crippen LogP contribution in [-0.4, -0.2) is 17.0 Å². The van der Waals surface area contributed by atoms with Gasteiger partial charge in [0, 0.05) is 8.04 Å². The second-order valence-electron chi connectivity index (χ2n) is 4.32. The molecule has 0 atom stereocenters. The van der Waals surface area contributed by atoms with Gasteiger partial charge in [0.25, 0.3) is 0 Å². The SMILES string of the molecule is O=C(O)C1(C(=O)Nc2ccc(I)cc2Br)CCC1. The normalized spacial score (nSPS) is 16.8. The summed E-state index contributed by atoms with van der Waals surface area (Å²) in [6, 6.07) is 5.48. The quantitative estimate of drug-likeness (QED) is 0.579. The molecule has 4 nitrogen and oxygen atoms in total. The minimum atomic E-state index is -1.23. The van der Waals surface area contributed by atoms with Gasteiger partial charge < -0.3 is 10.4 Å². The Labute approximate surface area is 126 Å². The second kappa shape index (κ2) is 5.16. The molecular weight excluding hydrogens is 413 g/mol. The predicted octanol–water partition coefficient (Wildman–Crippen LogP) is 3.25. The van der Waals surface area contributed by atoms with Gasteiger partial charge >= 0.3 is 5.97 Å². The van der Waals surface area contributed by atoms with Crippen LogP contribution in [0.4, 0.5) is 5.69 Å². The van der Waals surface area contributed by atoms with Gasteiger partial charge in [-0.2, -0.15) is 0 Å². The van der Waals surface area contributed by atoms with Crippen molar-refractivity contribution in [1.82, 2.24) is 0 Å². The first-order valence-corrected chi connectivity index (χ1v) is 7.33. The Morgan fingerprint density at radius 2 is 2.06 bits per heavy atom. The van der Waals surface area contributed by atoms with E-state index in [9.17, 15) is 14.7 Å². The summed E-state index contributed by atoms with van der Waals surface area (Å²) in [6.45, 7) is 0. The summed E-state index contributed by atoms with van der Waals surface area (Å²) in [7, 11) is 0. The van der Waals surface area contributed by atoms with Crippen molar-refractivity contribution in [3.63, 3.8) is 0 Å². The fourth-order valence-electron chi connectivity index (χ4n) is 1.90. The lowest BCUT2D eigenvalue weighted by atomic mass is 9.68. The van der Waals surface area contributed by atoms with Crippen molar-refractivity contribution in [2.75, 3.05) is 5.32 Å². The molecule has 1 aromatic rings. The number of anilines is 1. The molecule has 1 aliphatic rings. The molecule has 0 spiro atoms. The van der Waals surface area contributed by atoms with Crippen LogP contribution in [0.1, 0.15) is 19.3 Å². The molecule has 0 aliphatic heterocycles. The number of carbonyl (C=O) groups is 2. The van der Waals surface area contributed by atoms with Crippen LogP contribution in [0.25, 0.3) is 0 Å². The molecule has 1 amide bonds. The minimum Gasteiger partial charge on any atom is -0.480 e. The van der Waals surface area contributed by atoms with Crippen LogP contribution < -0.4 is 5.32 Å². The lowest BCUT2D eigenvalue weighted by Gasteiger charge is -2.35. The molecule has 1 saturated carbocycles. The third-order valence-corrected chi connectivity index (χ3v) is 4.56. The zero-order chi connectivity index (χ0) is 13.3. The number of hydrogen-bond acceptors (Lipinski definition) is 2. The van der Waals surface area contributed by atoms with E-state index in [0.29, 0.717) is 18.5 Å². The third kappa shape index (κ3) is 2.40. The van der Waals surface area contributed by atoms with E-state index in [2.05, 4.69) is 43.8 Å². The molecule has 6 heteroatoms. The molecule has 0 bridgehead atoms. The lowest BCUT2D eigenvalue weighted by Crippen LogP contribution is -2.48. The molecule has 18 heavy (non-hydrogen) atoms. The molecule has 0 unspecified atom stereocenters. The van der Waals surface area contributed by atoms with E-state index in [0.717, 1.165) is 14.5 Å². The fraction of sp³-hybridized carbons (Fsp3) is 0.333. The Morgan fingerprint density at radius 1 is 1.39 bits per heavy atom. The van der Waals surface area contributed by atoms with Crippen molar-refractivity contribution in [2.24, 2.45) is 5.41 Å². The van der Waals surface area contributed by atoms with Gasteiger partial charge in [-0.05, 0) is 69.6 Å². The van der Waals surface area contributed by atoms with E-state index in [1.165, 1.54) is 0 Å². The molecule has 0 saturated heterocycles. The molecule has 96 valence electrons. The van der Waals surface area contributed by atoms with E-state index < -0.39 is 17.3 Å². The number of halogens is 2. The summed E-state index contributed by atoms with van der Waals surface area (Å²) in [6.07, 6.45) is 1.61. The number of rotatable bonds is 3. The van der Waals surface area contributed by atoms with Gasteiger partial charge in [0.15, 0.2) is 0 Å². The van der Waals surface area contributed by atoms with Gasteiger partial charge in [-0.25, -0.2) is 0 Å². The van der Waals surface area contributed by atoms with Gasteiger partial charge in [-0.1, -0.05) is 6.42 Å². The molecule has 1 fully saturated rings. The summed E-state index contributed by atoms with van der Waals surface area (Å²) >= 11 is 5.52. The van der Waals surface area contributed by atoms with Gasteiger partial charge in [-0.15, -0.1) is 0 Å². The van der Waals surface area contributed by atoms with Crippen LogP contribution in [-0.2, 0) is 9.59 Å². The maximum absolute atomic E-state index is 12.1. The number of carboxylic acids is 1. The molecule has 2 N–H and O–H groups in total. The van der Waals surface area contributed by atoms with Crippen LogP contribution in [0.15, 0.2) is 22.7 Å². The number of carbonyl (C=O) groups excluding carboxylic acids is 1. The van der Waals surface area contributed by atoms with Crippen molar-refractivity contribution >= 4 is 56.1 Å². The van der Waals surface area contributed by atoms with Crippen molar-refractivity contribution in [2.45, 2.75) is 19.3 Å². The molecule has 1 aliphatic carbocycles. The predicted molar refractivity (Wildman–Crippen MR) is 79.4 cm³/mol. The van der Waals surface area contributed by atoms with E-state index in [1.807, 2.05) is 12.1 Å². The molecule has 2 rings (SSSR count). The highest BCUT2D eigenvalue weighted by Crippen LogP contribution is 2.42. The first-order valence-electron chi connectivity index (χ1n) is 5.45. The Kier molecular flexibility index (Phi) is 3.96. The van der Waals surface area contributed by atoms with Gasteiger partial charge in [0.1, 0.15) is 5.41 Å². The Morgan fingerprint density at radius 3 is 2.50 bits per heavy atom. The number of amides is 1. The van der Waals surface area contributed by atoms with Gasteiger partial charge in [-0.3, -0.25) is 9.59 Å². The van der Waals surface area contributed by atoms with E-state index >= 15 is 0 Å². The highest BCUT2D eigenvalue weighted by atomic mass is 127. The minimum absolute atomic E-state index is 0.413. The largest absolute Gasteiger partial charge is 0.480 e. The average Bonchev–Trinajstić information content (AvgIpc) is 2.19. The molecule has 1 aromatic carbocycles. The Bertz CT molecular complexity index is 514. The number of benzene rings is 1. The summed E-state index contributed by atoms with van der Waals surface area (Å²) < 4.78 is 1.79. The van der Waals surface area contributed by atoms with Crippen molar-refractivity contribution in [3.8, 4) is 0 Å². The lowest BCUT2D eigenvalue weighted by molar-refractivity contribution is -0.159. The average molecular weight is 424 g/mol. The summed E-state index contributed by atoms with van der Waals surface area (Å²) in [5.74, 6) is -1.46. The summed E-state index contributed by atoms with van der Waals surface area (Å²) in [5.41, 5.74) is -0.629. The number of nitrogens with one attached hydrogen (secondary N) is 1. The fourth-order valence-corrected chi connectivity index (χ4v) is 3.30. The summed E-state index contributed by atoms with van der Waals surface area (Å²) in [5, 5.41) is 11.9. The third-order valence-electron chi connectivity index (χ3n) is 3.23. The Hall–Kier alpha value is -0.630. The van der Waals surface area contributed by atoms with Crippen LogP contribution in [0.2, 0.25) is 0 Å². The van der Waals surface area contributed by atoms with E-state index in [1.54, 1.807) is 6.07 Å². The highest BCUT2D eigenvalue weighted by Gasteiger charge is 2.51. The van der Waals surface area contributed by atoms with Gasteiger partial charge in [0.2, 0.25) is 5.91 Å². The monoisotopic (exact) mass is 423 g/mol. The summed E-state index contributed by atoms with van der Waals surface area (Å²) in [4.78, 5) is 23.3. The maximum atomic E-state index is 12.1. The molecular formula is C12H11BrINO3. The molecule has 0 aromatic heterocycles. The number of carboxylic acid groups (broad SMARTS) is 1. The zero-order valence-corrected chi connectivity index (χ0v) is 13.1. The topological polar surface area (TPSA) is 66.4 Å². The first-order chi connectivity index (χ1) is 8.45. The number of hydrogen-bond donors (Lipinski definition) is 2. The highest BCUT2D eigenvalue weighted by molar-refractivity contribution is 14.1. The van der Waals surface area contributed by atoms with Crippen molar-refractivity contribution in [3.05, 3.63) is 26.2 Å². The van der Waals surface area contributed by atoms with Gasteiger partial charge in [0.05, 0.1) is 5.69 Å². The standard InChI is InChI=1S/C12H11BrINO3/c13-8-6-7(14)2-3-9(8)15-10(16)12(11(17)18)4-1-5-12/h2-3,6H,1,4-5H2,(H,15,16)(H,17,18). The van der Waals surface area contributed by atoms with Crippen LogP contribution in [0, 0.1) is 8.99 Å². The van der Waals surface area contributed by atoms with Crippen LogP contribution in [0.3, 0.4) is 0 Å². The molecule has 0 radical (unpaired) electrons. The van der Waals surface area contributed by atoms with E-state index in [-0.39, 0.29) is 0 Å². The van der Waals surface area contributed by atoms with E-state index in [4.69, 9.17) is 0 Å². The van der Waals surface area contributed by atoms with Crippen LogP contribution >= 0.6 is 38.5 Å². The smallest absolute Gasteiger partial charge is 0.319 e. The zero-order valence-electron chi connectivity index (χ0n) is 9.37. The number of aliphatic carboxylic acids is 1. The first kappa shape index (κ1) is 13.8. The second-order valence-corrected chi connectivity index (χ2v) is 6.42.